The minimum absolute atomic E-state index is 0.591. The number of hydrogen-bond donors (Lipinski definition) is 0. The van der Waals surface area contributed by atoms with Crippen LogP contribution in [0.15, 0.2) is 40.8 Å². The molecule has 0 N–H and O–H groups in total. The third kappa shape index (κ3) is 2.77. The molecule has 2 heterocycles. The largest absolute Gasteiger partial charge is 0.501 e. The molecule has 1 saturated heterocycles. The van der Waals surface area contributed by atoms with Gasteiger partial charge in [0, 0.05) is 18.2 Å². The molecule has 17 heavy (non-hydrogen) atoms. The van der Waals surface area contributed by atoms with Crippen LogP contribution < -0.4 is 0 Å². The number of hydrogen-bond acceptors (Lipinski definition) is 4. The van der Waals surface area contributed by atoms with Crippen LogP contribution in [0, 0.1) is 0 Å². The predicted octanol–water partition coefficient (Wildman–Crippen LogP) is 2.07. The third-order valence-electron chi connectivity index (χ3n) is 2.81. The number of ether oxygens (including phenoxy) is 2. The first-order valence-electron chi connectivity index (χ1n) is 5.79. The zero-order valence-corrected chi connectivity index (χ0v) is 10.3. The highest BCUT2D eigenvalue weighted by Gasteiger charge is 2.21. The van der Waals surface area contributed by atoms with Gasteiger partial charge in [0.25, 0.3) is 0 Å². The Balaban J connectivity index is 2.09. The van der Waals surface area contributed by atoms with Crippen LogP contribution in [0.3, 0.4) is 0 Å². The van der Waals surface area contributed by atoms with Crippen molar-refractivity contribution in [2.24, 2.45) is 4.99 Å². The van der Waals surface area contributed by atoms with Crippen molar-refractivity contribution in [3.05, 3.63) is 35.8 Å². The molecule has 4 nitrogen and oxygen atoms in total. The summed E-state index contributed by atoms with van der Waals surface area (Å²) in [6.45, 7) is 3.95. The summed E-state index contributed by atoms with van der Waals surface area (Å²) in [5, 5.41) is 0. The van der Waals surface area contributed by atoms with Crippen LogP contribution >= 0.6 is 0 Å². The van der Waals surface area contributed by atoms with Crippen LogP contribution in [0.5, 0.6) is 0 Å². The summed E-state index contributed by atoms with van der Waals surface area (Å²) in [7, 11) is 1.69. The summed E-state index contributed by atoms with van der Waals surface area (Å²) in [5.41, 5.74) is 1.14. The standard InChI is InChI=1S/C13H18N2O2/c1-3-12(16-2)6-5-11-9-17-10-15-8-4-7-14-13(11)15/h3-5,8H,6-7,9-10H2,1-2H3/b11-5+,12-3+. The van der Waals surface area contributed by atoms with Gasteiger partial charge in [0.1, 0.15) is 12.6 Å². The number of rotatable bonds is 3. The molecule has 0 aromatic rings. The Kier molecular flexibility index (Phi) is 3.98. The molecule has 2 aliphatic rings. The van der Waals surface area contributed by atoms with Gasteiger partial charge < -0.3 is 14.4 Å². The molecule has 2 rings (SSSR count). The van der Waals surface area contributed by atoms with Crippen LogP contribution in [0.1, 0.15) is 13.3 Å². The van der Waals surface area contributed by atoms with Crippen molar-refractivity contribution in [3.63, 3.8) is 0 Å². The number of amidine groups is 1. The monoisotopic (exact) mass is 234 g/mol. The van der Waals surface area contributed by atoms with Crippen molar-refractivity contribution in [1.29, 1.82) is 0 Å². The highest BCUT2D eigenvalue weighted by atomic mass is 16.5. The Hall–Kier alpha value is -1.55. The predicted molar refractivity (Wildman–Crippen MR) is 67.6 cm³/mol. The van der Waals surface area contributed by atoms with E-state index in [1.54, 1.807) is 7.11 Å². The fraction of sp³-hybridized carbons (Fsp3) is 0.462. The summed E-state index contributed by atoms with van der Waals surface area (Å²) in [6.07, 6.45) is 8.94. The average molecular weight is 234 g/mol. The van der Waals surface area contributed by atoms with Gasteiger partial charge in [0.2, 0.25) is 0 Å². The Morgan fingerprint density at radius 1 is 1.65 bits per heavy atom. The lowest BCUT2D eigenvalue weighted by molar-refractivity contribution is 0.0865. The van der Waals surface area contributed by atoms with E-state index in [0.717, 1.165) is 30.1 Å². The molecule has 92 valence electrons. The molecule has 0 aromatic heterocycles. The second kappa shape index (κ2) is 5.68. The Morgan fingerprint density at radius 2 is 2.53 bits per heavy atom. The van der Waals surface area contributed by atoms with E-state index in [1.165, 1.54) is 0 Å². The number of nitrogens with zero attached hydrogens (tertiary/aromatic N) is 2. The molecule has 0 unspecified atom stereocenters. The van der Waals surface area contributed by atoms with Crippen molar-refractivity contribution in [2.75, 3.05) is 27.0 Å². The van der Waals surface area contributed by atoms with Crippen molar-refractivity contribution >= 4 is 5.84 Å². The molecular weight excluding hydrogens is 216 g/mol. The molecule has 2 aliphatic heterocycles. The quantitative estimate of drug-likeness (QED) is 0.701. The van der Waals surface area contributed by atoms with Crippen molar-refractivity contribution in [3.8, 4) is 0 Å². The van der Waals surface area contributed by atoms with Crippen LogP contribution in [0.4, 0.5) is 0 Å². The van der Waals surface area contributed by atoms with E-state index in [2.05, 4.69) is 11.1 Å². The molecule has 1 fully saturated rings. The van der Waals surface area contributed by atoms with E-state index in [-0.39, 0.29) is 0 Å². The van der Waals surface area contributed by atoms with Crippen LogP contribution in [0.2, 0.25) is 0 Å². The van der Waals surface area contributed by atoms with E-state index in [1.807, 2.05) is 30.2 Å². The number of methoxy groups -OCH3 is 1. The zero-order chi connectivity index (χ0) is 12.1. The molecule has 0 radical (unpaired) electrons. The molecule has 0 spiro atoms. The van der Waals surface area contributed by atoms with E-state index in [9.17, 15) is 0 Å². The summed E-state index contributed by atoms with van der Waals surface area (Å²) < 4.78 is 10.8. The molecular formula is C13H18N2O2. The lowest BCUT2D eigenvalue weighted by Crippen LogP contribution is -2.38. The van der Waals surface area contributed by atoms with Crippen LogP contribution in [-0.2, 0) is 9.47 Å². The van der Waals surface area contributed by atoms with E-state index < -0.39 is 0 Å². The van der Waals surface area contributed by atoms with Gasteiger partial charge in [0.05, 0.1) is 26.0 Å². The first-order chi connectivity index (χ1) is 8.35. The molecule has 0 saturated carbocycles. The van der Waals surface area contributed by atoms with Gasteiger partial charge in [0.15, 0.2) is 0 Å². The number of aliphatic imine (C=N–C) groups is 1. The second-order valence-electron chi connectivity index (χ2n) is 3.89. The molecule has 0 aromatic carbocycles. The summed E-state index contributed by atoms with van der Waals surface area (Å²) in [6, 6.07) is 0. The topological polar surface area (TPSA) is 34.1 Å². The number of fused-ring (bicyclic) bond motifs is 1. The lowest BCUT2D eigenvalue weighted by atomic mass is 10.1. The second-order valence-corrected chi connectivity index (χ2v) is 3.89. The van der Waals surface area contributed by atoms with Crippen LogP contribution in [-0.4, -0.2) is 37.7 Å². The van der Waals surface area contributed by atoms with Gasteiger partial charge >= 0.3 is 0 Å². The van der Waals surface area contributed by atoms with Crippen molar-refractivity contribution in [1.82, 2.24) is 4.90 Å². The van der Waals surface area contributed by atoms with Crippen molar-refractivity contribution in [2.45, 2.75) is 13.3 Å². The molecule has 0 atom stereocenters. The SMILES string of the molecule is C/C=C(\C/C=C1\COCN2C=CCN=C12)OC. The summed E-state index contributed by atoms with van der Waals surface area (Å²) >= 11 is 0. The Bertz CT molecular complexity index is 394. The Labute approximate surface area is 102 Å². The maximum absolute atomic E-state index is 5.52. The first kappa shape index (κ1) is 11.9. The zero-order valence-electron chi connectivity index (χ0n) is 10.3. The van der Waals surface area contributed by atoms with Crippen LogP contribution in [0.25, 0.3) is 0 Å². The minimum atomic E-state index is 0.591. The fourth-order valence-corrected chi connectivity index (χ4v) is 1.88. The summed E-state index contributed by atoms with van der Waals surface area (Å²) in [4.78, 5) is 6.54. The highest BCUT2D eigenvalue weighted by molar-refractivity contribution is 6.00. The molecule has 4 heteroatoms. The smallest absolute Gasteiger partial charge is 0.135 e. The minimum Gasteiger partial charge on any atom is -0.501 e. The van der Waals surface area contributed by atoms with E-state index in [0.29, 0.717) is 13.3 Å². The number of allylic oxidation sites excluding steroid dienone is 2. The molecule has 0 bridgehead atoms. The molecule has 0 amide bonds. The maximum atomic E-state index is 5.52. The van der Waals surface area contributed by atoms with Gasteiger partial charge in [-0.3, -0.25) is 4.99 Å². The molecule has 0 aliphatic carbocycles. The first-order valence-corrected chi connectivity index (χ1v) is 5.79. The fourth-order valence-electron chi connectivity index (χ4n) is 1.88. The average Bonchev–Trinajstić information content (AvgIpc) is 2.40. The van der Waals surface area contributed by atoms with Gasteiger partial charge in [-0.05, 0) is 19.1 Å². The van der Waals surface area contributed by atoms with Gasteiger partial charge in [-0.1, -0.05) is 6.08 Å². The van der Waals surface area contributed by atoms with Gasteiger partial charge in [-0.25, -0.2) is 0 Å². The van der Waals surface area contributed by atoms with E-state index >= 15 is 0 Å². The maximum Gasteiger partial charge on any atom is 0.135 e. The Morgan fingerprint density at radius 3 is 3.29 bits per heavy atom. The van der Waals surface area contributed by atoms with E-state index in [4.69, 9.17) is 9.47 Å². The summed E-state index contributed by atoms with van der Waals surface area (Å²) in [5.74, 6) is 1.99. The van der Waals surface area contributed by atoms with Crippen molar-refractivity contribution < 1.29 is 9.47 Å². The highest BCUT2D eigenvalue weighted by Crippen LogP contribution is 2.17. The normalized spacial score (nSPS) is 22.5. The van der Waals surface area contributed by atoms with Gasteiger partial charge in [-0.15, -0.1) is 0 Å². The van der Waals surface area contributed by atoms with Gasteiger partial charge in [-0.2, -0.15) is 0 Å². The lowest BCUT2D eigenvalue weighted by Gasteiger charge is -2.31. The third-order valence-corrected chi connectivity index (χ3v) is 2.81.